The monoisotopic (exact) mass is 275 g/mol. The van der Waals surface area contributed by atoms with Gasteiger partial charge in [-0.05, 0) is 43.3 Å². The Morgan fingerprint density at radius 2 is 1.74 bits per heavy atom. The number of carbonyl (C=O) groups is 1. The summed E-state index contributed by atoms with van der Waals surface area (Å²) in [5.74, 6) is -0.412. The maximum Gasteiger partial charge on any atom is 0.237 e. The molecule has 98 valence electrons. The summed E-state index contributed by atoms with van der Waals surface area (Å²) in [4.78, 5) is 13.0. The third-order valence-electron chi connectivity index (χ3n) is 2.54. The normalized spacial score (nSPS) is 11.9. The van der Waals surface area contributed by atoms with E-state index in [1.807, 2.05) is 37.3 Å². The van der Waals surface area contributed by atoms with Gasteiger partial charge in [0.25, 0.3) is 0 Å². The van der Waals surface area contributed by atoms with Gasteiger partial charge in [-0.3, -0.25) is 4.79 Å². The van der Waals surface area contributed by atoms with E-state index in [1.54, 1.807) is 12.1 Å². The lowest BCUT2D eigenvalue weighted by Crippen LogP contribution is -2.22. The van der Waals surface area contributed by atoms with Crippen LogP contribution in [0.2, 0.25) is 0 Å². The van der Waals surface area contributed by atoms with Crippen LogP contribution in [0.1, 0.15) is 6.92 Å². The average molecular weight is 275 g/mol. The van der Waals surface area contributed by atoms with Crippen LogP contribution in [-0.2, 0) is 4.79 Å². The molecular weight excluding hydrogens is 261 g/mol. The first-order valence-electron chi connectivity index (χ1n) is 5.93. The van der Waals surface area contributed by atoms with Gasteiger partial charge < -0.3 is 5.32 Å². The molecule has 0 radical (unpaired) electrons. The van der Waals surface area contributed by atoms with Crippen LogP contribution in [0.5, 0.6) is 0 Å². The van der Waals surface area contributed by atoms with Crippen molar-refractivity contribution in [3.05, 3.63) is 60.4 Å². The summed E-state index contributed by atoms with van der Waals surface area (Å²) >= 11 is 1.49. The van der Waals surface area contributed by atoms with E-state index in [9.17, 15) is 9.18 Å². The topological polar surface area (TPSA) is 29.1 Å². The quantitative estimate of drug-likeness (QED) is 0.856. The molecular formula is C15H14FNOS. The lowest BCUT2D eigenvalue weighted by atomic mass is 10.3. The SMILES string of the molecule is C[C@@H](Sc1ccccc1)C(=O)Nc1ccc(F)cc1. The molecule has 19 heavy (non-hydrogen) atoms. The molecule has 0 spiro atoms. The molecule has 1 N–H and O–H groups in total. The molecule has 1 amide bonds. The van der Waals surface area contributed by atoms with Crippen molar-refractivity contribution in [3.63, 3.8) is 0 Å². The van der Waals surface area contributed by atoms with Gasteiger partial charge in [-0.15, -0.1) is 11.8 Å². The Bertz CT molecular complexity index is 542. The first kappa shape index (κ1) is 13.6. The van der Waals surface area contributed by atoms with Gasteiger partial charge in [-0.25, -0.2) is 4.39 Å². The number of carbonyl (C=O) groups excluding carboxylic acids is 1. The van der Waals surface area contributed by atoms with Crippen molar-refractivity contribution in [3.8, 4) is 0 Å². The second-order valence-corrected chi connectivity index (χ2v) is 5.48. The minimum absolute atomic E-state index is 0.0968. The summed E-state index contributed by atoms with van der Waals surface area (Å²) in [5, 5.41) is 2.55. The Balaban J connectivity index is 1.94. The van der Waals surface area contributed by atoms with Crippen molar-refractivity contribution in [2.45, 2.75) is 17.1 Å². The van der Waals surface area contributed by atoms with E-state index in [0.717, 1.165) is 4.90 Å². The van der Waals surface area contributed by atoms with Crippen molar-refractivity contribution < 1.29 is 9.18 Å². The second kappa shape index (κ2) is 6.38. The maximum atomic E-state index is 12.8. The molecule has 0 saturated carbocycles. The van der Waals surface area contributed by atoms with Gasteiger partial charge >= 0.3 is 0 Å². The van der Waals surface area contributed by atoms with Gasteiger partial charge in [0.05, 0.1) is 5.25 Å². The second-order valence-electron chi connectivity index (χ2n) is 4.07. The highest BCUT2D eigenvalue weighted by Crippen LogP contribution is 2.23. The van der Waals surface area contributed by atoms with Crippen molar-refractivity contribution in [2.24, 2.45) is 0 Å². The average Bonchev–Trinajstić information content (AvgIpc) is 2.42. The van der Waals surface area contributed by atoms with E-state index in [-0.39, 0.29) is 17.0 Å². The van der Waals surface area contributed by atoms with Gasteiger partial charge in [0.15, 0.2) is 0 Å². The van der Waals surface area contributed by atoms with Crippen LogP contribution in [0.3, 0.4) is 0 Å². The summed E-state index contributed by atoms with van der Waals surface area (Å²) in [6.45, 7) is 1.84. The molecule has 0 heterocycles. The number of nitrogens with one attached hydrogen (secondary N) is 1. The van der Waals surface area contributed by atoms with Crippen LogP contribution < -0.4 is 5.32 Å². The van der Waals surface area contributed by atoms with E-state index in [4.69, 9.17) is 0 Å². The summed E-state index contributed by atoms with van der Waals surface area (Å²) < 4.78 is 12.8. The van der Waals surface area contributed by atoms with Gasteiger partial charge in [-0.1, -0.05) is 18.2 Å². The number of hydrogen-bond donors (Lipinski definition) is 1. The van der Waals surface area contributed by atoms with Crippen LogP contribution in [0.15, 0.2) is 59.5 Å². The van der Waals surface area contributed by atoms with Crippen LogP contribution in [-0.4, -0.2) is 11.2 Å². The van der Waals surface area contributed by atoms with E-state index < -0.39 is 0 Å². The number of halogens is 1. The number of anilines is 1. The Kier molecular flexibility index (Phi) is 4.58. The Morgan fingerprint density at radius 3 is 2.37 bits per heavy atom. The fourth-order valence-electron chi connectivity index (χ4n) is 1.53. The standard InChI is InChI=1S/C15H14FNOS/c1-11(19-14-5-3-2-4-6-14)15(18)17-13-9-7-12(16)8-10-13/h2-11H,1H3,(H,17,18)/t11-/m1/s1. The number of hydrogen-bond acceptors (Lipinski definition) is 2. The first-order chi connectivity index (χ1) is 9.15. The van der Waals surface area contributed by atoms with Crippen molar-refractivity contribution in [2.75, 3.05) is 5.32 Å². The van der Waals surface area contributed by atoms with Crippen LogP contribution >= 0.6 is 11.8 Å². The Morgan fingerprint density at radius 1 is 1.11 bits per heavy atom. The van der Waals surface area contributed by atoms with Crippen LogP contribution in [0.4, 0.5) is 10.1 Å². The highest BCUT2D eigenvalue weighted by molar-refractivity contribution is 8.00. The summed E-state index contributed by atoms with van der Waals surface area (Å²) in [6.07, 6.45) is 0. The molecule has 0 aromatic heterocycles. The number of benzene rings is 2. The molecule has 2 rings (SSSR count). The zero-order valence-electron chi connectivity index (χ0n) is 10.5. The lowest BCUT2D eigenvalue weighted by Gasteiger charge is -2.11. The molecule has 0 bridgehead atoms. The predicted octanol–water partition coefficient (Wildman–Crippen LogP) is 3.95. The molecule has 0 fully saturated rings. The van der Waals surface area contributed by atoms with Crippen molar-refractivity contribution >= 4 is 23.4 Å². The number of rotatable bonds is 4. The van der Waals surface area contributed by atoms with Gasteiger partial charge in [-0.2, -0.15) is 0 Å². The van der Waals surface area contributed by atoms with Crippen LogP contribution in [0, 0.1) is 5.82 Å². The highest BCUT2D eigenvalue weighted by atomic mass is 32.2. The first-order valence-corrected chi connectivity index (χ1v) is 6.81. The Labute approximate surface area is 116 Å². The van der Waals surface area contributed by atoms with Gasteiger partial charge in [0.1, 0.15) is 5.82 Å². The number of amides is 1. The fraction of sp³-hybridized carbons (Fsp3) is 0.133. The molecule has 4 heteroatoms. The molecule has 0 saturated heterocycles. The van der Waals surface area contributed by atoms with E-state index in [0.29, 0.717) is 5.69 Å². The van der Waals surface area contributed by atoms with Gasteiger partial charge in [0, 0.05) is 10.6 Å². The zero-order valence-corrected chi connectivity index (χ0v) is 11.3. The minimum atomic E-state index is -0.315. The molecule has 2 aromatic carbocycles. The molecule has 0 aliphatic heterocycles. The summed E-state index contributed by atoms with van der Waals surface area (Å²) in [7, 11) is 0. The molecule has 0 unspecified atom stereocenters. The minimum Gasteiger partial charge on any atom is -0.325 e. The maximum absolute atomic E-state index is 12.8. The number of thioether (sulfide) groups is 1. The smallest absolute Gasteiger partial charge is 0.237 e. The third kappa shape index (κ3) is 4.10. The molecule has 2 aromatic rings. The summed E-state index contributed by atoms with van der Waals surface area (Å²) in [6, 6.07) is 15.5. The van der Waals surface area contributed by atoms with Crippen molar-refractivity contribution in [1.82, 2.24) is 0 Å². The summed E-state index contributed by atoms with van der Waals surface area (Å²) in [5.41, 5.74) is 0.604. The van der Waals surface area contributed by atoms with E-state index in [2.05, 4.69) is 5.32 Å². The molecule has 0 aliphatic carbocycles. The largest absolute Gasteiger partial charge is 0.325 e. The van der Waals surface area contributed by atoms with Crippen molar-refractivity contribution in [1.29, 1.82) is 0 Å². The highest BCUT2D eigenvalue weighted by Gasteiger charge is 2.14. The Hall–Kier alpha value is -1.81. The lowest BCUT2D eigenvalue weighted by molar-refractivity contribution is -0.115. The third-order valence-corrected chi connectivity index (χ3v) is 3.65. The predicted molar refractivity (Wildman–Crippen MR) is 76.8 cm³/mol. The zero-order chi connectivity index (χ0) is 13.7. The molecule has 2 nitrogen and oxygen atoms in total. The fourth-order valence-corrected chi connectivity index (χ4v) is 2.42. The van der Waals surface area contributed by atoms with Crippen LogP contribution in [0.25, 0.3) is 0 Å². The van der Waals surface area contributed by atoms with Gasteiger partial charge in [0.2, 0.25) is 5.91 Å². The molecule has 0 aliphatic rings. The van der Waals surface area contributed by atoms with E-state index in [1.165, 1.54) is 23.9 Å². The molecule has 1 atom stereocenters. The van der Waals surface area contributed by atoms with E-state index >= 15 is 0 Å².